The molecule has 1 N–H and O–H groups in total. The number of nitro groups is 1. The fourth-order valence-electron chi connectivity index (χ4n) is 1.44. The molecule has 5 nitrogen and oxygen atoms in total. The molecule has 1 aromatic rings. The molecule has 0 aliphatic rings. The van der Waals surface area contributed by atoms with E-state index in [9.17, 15) is 14.5 Å². The highest BCUT2D eigenvalue weighted by Crippen LogP contribution is 2.26. The van der Waals surface area contributed by atoms with Crippen LogP contribution in [-0.2, 0) is 4.74 Å². The summed E-state index contributed by atoms with van der Waals surface area (Å²) in [5.74, 6) is -0.627. The maximum Gasteiger partial charge on any atom is 0.295 e. The number of hydrogen-bond donors (Lipinski definition) is 1. The Labute approximate surface area is 105 Å². The molecule has 0 saturated carbocycles. The van der Waals surface area contributed by atoms with Crippen LogP contribution in [0.15, 0.2) is 18.2 Å². The zero-order valence-corrected chi connectivity index (χ0v) is 10.3. The average Bonchev–Trinajstić information content (AvgIpc) is 2.34. The Bertz CT molecular complexity index is 399. The van der Waals surface area contributed by atoms with Crippen LogP contribution in [-0.4, -0.2) is 24.7 Å². The first-order valence-corrected chi connectivity index (χ1v) is 5.91. The lowest BCUT2D eigenvalue weighted by Crippen LogP contribution is -2.12. The van der Waals surface area contributed by atoms with Crippen molar-refractivity contribution in [3.05, 3.63) is 34.1 Å². The number of hydrogen-bond acceptors (Lipinski definition) is 4. The quantitative estimate of drug-likeness (QED) is 0.441. The summed E-state index contributed by atoms with van der Waals surface area (Å²) in [5, 5.41) is 13.4. The van der Waals surface area contributed by atoms with Crippen molar-refractivity contribution in [2.45, 2.75) is 19.8 Å². The van der Waals surface area contributed by atoms with Crippen LogP contribution in [0.2, 0.25) is 0 Å². The van der Waals surface area contributed by atoms with Gasteiger partial charge < -0.3 is 10.1 Å². The van der Waals surface area contributed by atoms with Gasteiger partial charge in [-0.05, 0) is 12.5 Å². The highest BCUT2D eigenvalue weighted by Gasteiger charge is 2.16. The van der Waals surface area contributed by atoms with Crippen LogP contribution in [0.1, 0.15) is 19.8 Å². The smallest absolute Gasteiger partial charge is 0.295 e. The van der Waals surface area contributed by atoms with Crippen molar-refractivity contribution < 1.29 is 14.1 Å². The van der Waals surface area contributed by atoms with E-state index in [1.807, 2.05) is 0 Å². The maximum absolute atomic E-state index is 13.4. The van der Waals surface area contributed by atoms with Gasteiger partial charge in [0.1, 0.15) is 5.69 Å². The van der Waals surface area contributed by atoms with Crippen LogP contribution in [0.5, 0.6) is 0 Å². The van der Waals surface area contributed by atoms with Gasteiger partial charge in [-0.2, -0.15) is 0 Å². The lowest BCUT2D eigenvalue weighted by molar-refractivity contribution is -0.384. The maximum atomic E-state index is 13.4. The van der Waals surface area contributed by atoms with Gasteiger partial charge in [0.15, 0.2) is 5.82 Å². The van der Waals surface area contributed by atoms with Gasteiger partial charge >= 0.3 is 0 Å². The monoisotopic (exact) mass is 256 g/mol. The minimum absolute atomic E-state index is 0.0819. The highest BCUT2D eigenvalue weighted by atomic mass is 19.1. The van der Waals surface area contributed by atoms with Crippen molar-refractivity contribution in [3.8, 4) is 0 Å². The lowest BCUT2D eigenvalue weighted by Gasteiger charge is -2.08. The fourth-order valence-corrected chi connectivity index (χ4v) is 1.44. The molecule has 0 aliphatic carbocycles. The molecule has 0 atom stereocenters. The molecular weight excluding hydrogens is 239 g/mol. The van der Waals surface area contributed by atoms with Crippen LogP contribution >= 0.6 is 0 Å². The second-order valence-corrected chi connectivity index (χ2v) is 3.78. The van der Waals surface area contributed by atoms with E-state index in [1.54, 1.807) is 0 Å². The van der Waals surface area contributed by atoms with Crippen LogP contribution in [0.3, 0.4) is 0 Å². The highest BCUT2D eigenvalue weighted by molar-refractivity contribution is 5.62. The van der Waals surface area contributed by atoms with E-state index in [0.29, 0.717) is 19.8 Å². The number of rotatable bonds is 8. The molecule has 0 spiro atoms. The third-order valence-electron chi connectivity index (χ3n) is 2.38. The Balaban J connectivity index is 2.48. The Morgan fingerprint density at radius 2 is 2.22 bits per heavy atom. The Hall–Kier alpha value is -1.69. The van der Waals surface area contributed by atoms with E-state index in [4.69, 9.17) is 4.74 Å². The number of nitrogens with zero attached hydrogens (tertiary/aromatic N) is 1. The van der Waals surface area contributed by atoms with Crippen molar-refractivity contribution in [1.29, 1.82) is 0 Å². The Morgan fingerprint density at radius 3 is 2.89 bits per heavy atom. The summed E-state index contributed by atoms with van der Waals surface area (Å²) in [6, 6.07) is 3.77. The Morgan fingerprint density at radius 1 is 1.44 bits per heavy atom. The molecule has 0 aliphatic heterocycles. The second kappa shape index (κ2) is 7.60. The van der Waals surface area contributed by atoms with Gasteiger partial charge in [-0.1, -0.05) is 19.4 Å². The predicted molar refractivity (Wildman–Crippen MR) is 67.3 cm³/mol. The number of anilines is 1. The van der Waals surface area contributed by atoms with Crippen LogP contribution in [0, 0.1) is 15.9 Å². The van der Waals surface area contributed by atoms with Crippen molar-refractivity contribution in [3.63, 3.8) is 0 Å². The summed E-state index contributed by atoms with van der Waals surface area (Å²) in [7, 11) is 0. The normalized spacial score (nSPS) is 10.3. The van der Waals surface area contributed by atoms with E-state index in [2.05, 4.69) is 12.2 Å². The van der Waals surface area contributed by atoms with Crippen LogP contribution in [0.25, 0.3) is 0 Å². The number of ether oxygens (including phenoxy) is 1. The second-order valence-electron chi connectivity index (χ2n) is 3.78. The number of benzene rings is 1. The number of para-hydroxylation sites is 1. The minimum atomic E-state index is -0.627. The molecule has 0 radical (unpaired) electrons. The fraction of sp³-hybridized carbons (Fsp3) is 0.500. The van der Waals surface area contributed by atoms with Crippen LogP contribution < -0.4 is 5.32 Å². The number of unbranched alkanes of at least 4 members (excludes halogenated alkanes) is 1. The van der Waals surface area contributed by atoms with Gasteiger partial charge in [0.25, 0.3) is 5.69 Å². The summed E-state index contributed by atoms with van der Waals surface area (Å²) in [6.07, 6.45) is 2.02. The first kappa shape index (κ1) is 14.4. The molecule has 0 aromatic heterocycles. The molecule has 6 heteroatoms. The summed E-state index contributed by atoms with van der Waals surface area (Å²) in [6.45, 7) is 3.44. The van der Waals surface area contributed by atoms with Crippen molar-refractivity contribution in [2.24, 2.45) is 0 Å². The summed E-state index contributed by atoms with van der Waals surface area (Å²) < 4.78 is 18.7. The molecular formula is C12H17FN2O3. The molecule has 0 fully saturated rings. The number of nitrogens with one attached hydrogen (secondary N) is 1. The van der Waals surface area contributed by atoms with Gasteiger partial charge in [0.2, 0.25) is 0 Å². The molecule has 18 heavy (non-hydrogen) atoms. The van der Waals surface area contributed by atoms with E-state index in [-0.39, 0.29) is 11.4 Å². The Kier molecular flexibility index (Phi) is 6.07. The molecule has 0 heterocycles. The van der Waals surface area contributed by atoms with Gasteiger partial charge in [-0.3, -0.25) is 10.1 Å². The summed E-state index contributed by atoms with van der Waals surface area (Å²) >= 11 is 0. The first-order valence-electron chi connectivity index (χ1n) is 5.91. The van der Waals surface area contributed by atoms with Crippen LogP contribution in [0.4, 0.5) is 15.8 Å². The SMILES string of the molecule is CCCCOCCNc1c(F)cccc1[N+](=O)[O-]. The van der Waals surface area contributed by atoms with Gasteiger partial charge in [0, 0.05) is 19.2 Å². The van der Waals surface area contributed by atoms with Gasteiger partial charge in [-0.15, -0.1) is 0 Å². The largest absolute Gasteiger partial charge is 0.380 e. The van der Waals surface area contributed by atoms with Gasteiger partial charge in [0.05, 0.1) is 11.5 Å². The average molecular weight is 256 g/mol. The molecule has 0 saturated heterocycles. The van der Waals surface area contributed by atoms with E-state index >= 15 is 0 Å². The first-order chi connectivity index (χ1) is 8.66. The van der Waals surface area contributed by atoms with E-state index in [1.165, 1.54) is 18.2 Å². The topological polar surface area (TPSA) is 64.4 Å². The standard InChI is InChI=1S/C12H17FN2O3/c1-2-3-8-18-9-7-14-12-10(13)5-4-6-11(12)15(16)17/h4-6,14H,2-3,7-9H2,1H3. The molecule has 0 amide bonds. The molecule has 0 bridgehead atoms. The number of halogens is 1. The third-order valence-corrected chi connectivity index (χ3v) is 2.38. The van der Waals surface area contributed by atoms with Crippen molar-refractivity contribution in [2.75, 3.05) is 25.1 Å². The summed E-state index contributed by atoms with van der Waals surface area (Å²) in [4.78, 5) is 10.1. The van der Waals surface area contributed by atoms with Crippen molar-refractivity contribution >= 4 is 11.4 Å². The molecule has 1 aromatic carbocycles. The zero-order chi connectivity index (χ0) is 13.4. The summed E-state index contributed by atoms with van der Waals surface area (Å²) in [5.41, 5.74) is -0.342. The molecule has 0 unspecified atom stereocenters. The van der Waals surface area contributed by atoms with E-state index < -0.39 is 10.7 Å². The van der Waals surface area contributed by atoms with Crippen molar-refractivity contribution in [1.82, 2.24) is 0 Å². The molecule has 100 valence electrons. The minimum Gasteiger partial charge on any atom is -0.380 e. The lowest BCUT2D eigenvalue weighted by atomic mass is 10.2. The number of nitro benzene ring substituents is 1. The predicted octanol–water partition coefficient (Wildman–Crippen LogP) is 2.96. The zero-order valence-electron chi connectivity index (χ0n) is 10.3. The third kappa shape index (κ3) is 4.29. The molecule has 1 rings (SSSR count). The van der Waals surface area contributed by atoms with Gasteiger partial charge in [-0.25, -0.2) is 4.39 Å². The van der Waals surface area contributed by atoms with E-state index in [0.717, 1.165) is 12.8 Å².